The summed E-state index contributed by atoms with van der Waals surface area (Å²) in [5, 5.41) is 3.19. The highest BCUT2D eigenvalue weighted by molar-refractivity contribution is 5.82. The van der Waals surface area contributed by atoms with Gasteiger partial charge in [-0.3, -0.25) is 14.6 Å². The van der Waals surface area contributed by atoms with Crippen molar-refractivity contribution >= 4 is 17.9 Å². The first kappa shape index (κ1) is 17.3. The summed E-state index contributed by atoms with van der Waals surface area (Å²) in [5.41, 5.74) is 0. The van der Waals surface area contributed by atoms with Gasteiger partial charge in [-0.05, 0) is 12.8 Å². The molecule has 21 heavy (non-hydrogen) atoms. The van der Waals surface area contributed by atoms with E-state index in [1.54, 1.807) is 0 Å². The second kappa shape index (κ2) is 8.49. The minimum atomic E-state index is -0.281. The van der Waals surface area contributed by atoms with Crippen molar-refractivity contribution in [2.24, 2.45) is 16.8 Å². The minimum Gasteiger partial charge on any atom is -0.469 e. The van der Waals surface area contributed by atoms with Crippen molar-refractivity contribution in [1.82, 2.24) is 10.2 Å². The Morgan fingerprint density at radius 3 is 2.57 bits per heavy atom. The van der Waals surface area contributed by atoms with Gasteiger partial charge in [-0.25, -0.2) is 0 Å². The maximum absolute atomic E-state index is 11.7. The number of nitrogens with zero attached hydrogens (tertiary/aromatic N) is 2. The second-order valence-corrected chi connectivity index (χ2v) is 5.07. The first-order valence-corrected chi connectivity index (χ1v) is 7.21. The van der Waals surface area contributed by atoms with Crippen molar-refractivity contribution in [2.75, 3.05) is 40.4 Å². The van der Waals surface area contributed by atoms with E-state index in [9.17, 15) is 9.59 Å². The van der Waals surface area contributed by atoms with E-state index in [4.69, 9.17) is 4.74 Å². The van der Waals surface area contributed by atoms with Crippen molar-refractivity contribution in [2.45, 2.75) is 20.3 Å². The topological polar surface area (TPSA) is 80.2 Å². The number of nitrogens with one attached hydrogen (secondary N) is 1. The van der Waals surface area contributed by atoms with Gasteiger partial charge in [0.2, 0.25) is 0 Å². The van der Waals surface area contributed by atoms with Crippen LogP contribution in [0.15, 0.2) is 4.99 Å². The lowest BCUT2D eigenvalue weighted by atomic mass is 9.99. The van der Waals surface area contributed by atoms with Gasteiger partial charge in [0.15, 0.2) is 5.96 Å². The number of guanidine groups is 1. The summed E-state index contributed by atoms with van der Waals surface area (Å²) in [6.45, 7) is 6.42. The molecule has 2 unspecified atom stereocenters. The Morgan fingerprint density at radius 1 is 1.29 bits per heavy atom. The van der Waals surface area contributed by atoms with E-state index >= 15 is 0 Å². The van der Waals surface area contributed by atoms with E-state index < -0.39 is 0 Å². The third-order valence-electron chi connectivity index (χ3n) is 3.56. The van der Waals surface area contributed by atoms with Gasteiger partial charge >= 0.3 is 11.9 Å². The predicted molar refractivity (Wildman–Crippen MR) is 78.9 cm³/mol. The molecular weight excluding hydrogens is 274 g/mol. The molecule has 2 atom stereocenters. The van der Waals surface area contributed by atoms with E-state index in [1.165, 1.54) is 14.2 Å². The molecule has 1 heterocycles. The molecule has 1 rings (SSSR count). The summed E-state index contributed by atoms with van der Waals surface area (Å²) in [7, 11) is 2.77. The van der Waals surface area contributed by atoms with E-state index in [-0.39, 0.29) is 30.2 Å². The van der Waals surface area contributed by atoms with Crippen LogP contribution in [0.2, 0.25) is 0 Å². The van der Waals surface area contributed by atoms with Crippen LogP contribution in [0.25, 0.3) is 0 Å². The van der Waals surface area contributed by atoms with Gasteiger partial charge in [-0.2, -0.15) is 0 Å². The largest absolute Gasteiger partial charge is 0.469 e. The second-order valence-electron chi connectivity index (χ2n) is 5.07. The fourth-order valence-electron chi connectivity index (χ4n) is 2.38. The van der Waals surface area contributed by atoms with Gasteiger partial charge in [0.25, 0.3) is 0 Å². The molecule has 1 N–H and O–H groups in total. The zero-order chi connectivity index (χ0) is 15.8. The molecule has 0 aromatic heterocycles. The van der Waals surface area contributed by atoms with Crippen molar-refractivity contribution in [1.29, 1.82) is 0 Å². The number of hydrogen-bond acceptors (Lipinski definition) is 5. The number of rotatable bonds is 5. The van der Waals surface area contributed by atoms with Crippen LogP contribution in [0.5, 0.6) is 0 Å². The molecule has 0 aromatic carbocycles. The minimum absolute atomic E-state index is 0.139. The number of methoxy groups -OCH3 is 2. The zero-order valence-electron chi connectivity index (χ0n) is 13.2. The summed E-state index contributed by atoms with van der Waals surface area (Å²) in [6, 6.07) is 0. The van der Waals surface area contributed by atoms with E-state index in [2.05, 4.69) is 15.0 Å². The van der Waals surface area contributed by atoms with Gasteiger partial charge in [-0.1, -0.05) is 6.92 Å². The zero-order valence-corrected chi connectivity index (χ0v) is 13.2. The highest BCUT2D eigenvalue weighted by Crippen LogP contribution is 2.24. The maximum atomic E-state index is 11.7. The SMILES string of the molecule is CCNC(=NCCC(=O)OC)N1CC(C)C(C(=O)OC)C1. The maximum Gasteiger partial charge on any atom is 0.310 e. The molecule has 7 nitrogen and oxygen atoms in total. The third-order valence-corrected chi connectivity index (χ3v) is 3.56. The average Bonchev–Trinajstić information content (AvgIpc) is 2.87. The monoisotopic (exact) mass is 299 g/mol. The Bertz CT molecular complexity index is 398. The lowest BCUT2D eigenvalue weighted by Gasteiger charge is -2.21. The van der Waals surface area contributed by atoms with Crippen molar-refractivity contribution in [3.8, 4) is 0 Å². The quantitative estimate of drug-likeness (QED) is 0.445. The van der Waals surface area contributed by atoms with Crippen LogP contribution in [0.1, 0.15) is 20.3 Å². The molecule has 1 aliphatic heterocycles. The number of carbonyl (C=O) groups excluding carboxylic acids is 2. The first-order valence-electron chi connectivity index (χ1n) is 7.21. The Kier molecular flexibility index (Phi) is 6.98. The lowest BCUT2D eigenvalue weighted by Crippen LogP contribution is -2.40. The molecule has 0 spiro atoms. The van der Waals surface area contributed by atoms with E-state index in [1.807, 2.05) is 18.7 Å². The van der Waals surface area contributed by atoms with Crippen molar-refractivity contribution in [3.63, 3.8) is 0 Å². The van der Waals surface area contributed by atoms with Gasteiger partial charge in [0, 0.05) is 19.6 Å². The van der Waals surface area contributed by atoms with Crippen molar-refractivity contribution in [3.05, 3.63) is 0 Å². The van der Waals surface area contributed by atoms with E-state index in [0.29, 0.717) is 13.1 Å². The van der Waals surface area contributed by atoms with Crippen LogP contribution in [0.4, 0.5) is 0 Å². The van der Waals surface area contributed by atoms with Crippen molar-refractivity contribution < 1.29 is 19.1 Å². The molecular formula is C14H25N3O4. The summed E-state index contributed by atoms with van der Waals surface area (Å²) in [6.07, 6.45) is 0.245. The van der Waals surface area contributed by atoms with Crippen LogP contribution in [-0.2, 0) is 19.1 Å². The Balaban J connectivity index is 2.66. The normalized spacial score (nSPS) is 22.1. The predicted octanol–water partition coefficient (Wildman–Crippen LogP) is 0.256. The Labute approximate surface area is 125 Å². The van der Waals surface area contributed by atoms with Gasteiger partial charge in [0.1, 0.15) is 0 Å². The third kappa shape index (κ3) is 4.91. The van der Waals surface area contributed by atoms with Crippen LogP contribution in [0, 0.1) is 11.8 Å². The number of ether oxygens (including phenoxy) is 2. The number of esters is 2. The molecule has 1 fully saturated rings. The number of likely N-dealkylation sites (tertiary alicyclic amines) is 1. The van der Waals surface area contributed by atoms with Crippen LogP contribution in [0.3, 0.4) is 0 Å². The summed E-state index contributed by atoms with van der Waals surface area (Å²) < 4.78 is 9.43. The Hall–Kier alpha value is -1.79. The molecule has 0 saturated carbocycles. The van der Waals surface area contributed by atoms with Crippen LogP contribution in [-0.4, -0.2) is 63.2 Å². The smallest absolute Gasteiger partial charge is 0.310 e. The summed E-state index contributed by atoms with van der Waals surface area (Å²) in [4.78, 5) is 29.3. The first-order chi connectivity index (χ1) is 10.0. The molecule has 1 aliphatic rings. The summed E-state index contributed by atoms with van der Waals surface area (Å²) in [5.74, 6) is 0.327. The van der Waals surface area contributed by atoms with Crippen LogP contribution < -0.4 is 5.32 Å². The van der Waals surface area contributed by atoms with Gasteiger partial charge < -0.3 is 19.7 Å². The number of carbonyl (C=O) groups is 2. The molecule has 7 heteroatoms. The standard InChI is InChI=1S/C14H25N3O4/c1-5-15-14(16-7-6-12(18)20-3)17-8-10(2)11(9-17)13(19)21-4/h10-11H,5-9H2,1-4H3,(H,15,16). The molecule has 0 radical (unpaired) electrons. The highest BCUT2D eigenvalue weighted by Gasteiger charge is 2.36. The average molecular weight is 299 g/mol. The van der Waals surface area contributed by atoms with Crippen LogP contribution >= 0.6 is 0 Å². The molecule has 0 aromatic rings. The Morgan fingerprint density at radius 2 is 2.00 bits per heavy atom. The van der Waals surface area contributed by atoms with E-state index in [0.717, 1.165) is 19.0 Å². The fourth-order valence-corrected chi connectivity index (χ4v) is 2.38. The lowest BCUT2D eigenvalue weighted by molar-refractivity contribution is -0.146. The molecule has 0 aliphatic carbocycles. The fraction of sp³-hybridized carbons (Fsp3) is 0.786. The molecule has 0 bridgehead atoms. The highest BCUT2D eigenvalue weighted by atomic mass is 16.5. The molecule has 1 saturated heterocycles. The summed E-state index contributed by atoms with van der Waals surface area (Å²) >= 11 is 0. The number of hydrogen-bond donors (Lipinski definition) is 1. The van der Waals surface area contributed by atoms with Gasteiger partial charge in [0.05, 0.1) is 33.1 Å². The number of aliphatic imine (C=N–C) groups is 1. The van der Waals surface area contributed by atoms with Gasteiger partial charge in [-0.15, -0.1) is 0 Å². The molecule has 120 valence electrons. The molecule has 0 amide bonds.